The van der Waals surface area contributed by atoms with Gasteiger partial charge >= 0.3 is 0 Å². The van der Waals surface area contributed by atoms with Crippen LogP contribution in [-0.4, -0.2) is 37.4 Å². The molecule has 5 nitrogen and oxygen atoms in total. The summed E-state index contributed by atoms with van der Waals surface area (Å²) >= 11 is 1.60. The van der Waals surface area contributed by atoms with E-state index in [0.29, 0.717) is 0 Å². The minimum atomic E-state index is 0.866. The van der Waals surface area contributed by atoms with Crippen molar-refractivity contribution in [1.29, 1.82) is 0 Å². The van der Waals surface area contributed by atoms with Crippen LogP contribution in [0.5, 0.6) is 0 Å². The Morgan fingerprint density at radius 1 is 1.26 bits per heavy atom. The molecule has 0 N–H and O–H groups in total. The molecule has 0 unspecified atom stereocenters. The fourth-order valence-electron chi connectivity index (χ4n) is 3.21. The van der Waals surface area contributed by atoms with Gasteiger partial charge < -0.3 is 0 Å². The minimum Gasteiger partial charge on any atom is -0.293 e. The predicted molar refractivity (Wildman–Crippen MR) is 92.3 cm³/mol. The van der Waals surface area contributed by atoms with Gasteiger partial charge in [0.25, 0.3) is 0 Å². The highest BCUT2D eigenvalue weighted by Gasteiger charge is 2.20. The molecule has 0 saturated heterocycles. The van der Waals surface area contributed by atoms with Crippen LogP contribution in [0.1, 0.15) is 17.0 Å². The fourth-order valence-corrected chi connectivity index (χ4v) is 3.57. The van der Waals surface area contributed by atoms with Crippen molar-refractivity contribution in [2.24, 2.45) is 7.05 Å². The Morgan fingerprint density at radius 3 is 3.00 bits per heavy atom. The molecule has 1 aromatic carbocycles. The summed E-state index contributed by atoms with van der Waals surface area (Å²) < 4.78 is 1.97. The molecule has 0 atom stereocenters. The zero-order valence-corrected chi connectivity index (χ0v) is 14.2. The third kappa shape index (κ3) is 2.72. The van der Waals surface area contributed by atoms with Gasteiger partial charge in [0.1, 0.15) is 0 Å². The summed E-state index contributed by atoms with van der Waals surface area (Å²) in [4.78, 5) is 11.5. The Labute approximate surface area is 139 Å². The number of aryl methyl sites for hydroxylation is 1. The van der Waals surface area contributed by atoms with Crippen LogP contribution in [0.4, 0.5) is 0 Å². The van der Waals surface area contributed by atoms with Crippen molar-refractivity contribution in [2.45, 2.75) is 24.7 Å². The zero-order valence-electron chi connectivity index (χ0n) is 13.4. The molecule has 0 amide bonds. The number of nitrogens with zero attached hydrogens (tertiary/aromatic N) is 5. The molecule has 6 heteroatoms. The molecular weight excluding hydrogens is 306 g/mol. The summed E-state index contributed by atoms with van der Waals surface area (Å²) in [6.07, 6.45) is 4.98. The van der Waals surface area contributed by atoms with Crippen LogP contribution >= 0.6 is 11.8 Å². The van der Waals surface area contributed by atoms with Gasteiger partial charge in [-0.05, 0) is 12.3 Å². The van der Waals surface area contributed by atoms with Crippen molar-refractivity contribution in [3.05, 3.63) is 47.4 Å². The zero-order chi connectivity index (χ0) is 15.8. The number of rotatable bonds is 3. The number of para-hydroxylation sites is 1. The van der Waals surface area contributed by atoms with Crippen LogP contribution in [-0.2, 0) is 26.6 Å². The molecule has 0 fully saturated rings. The standard InChI is InChI=1S/C17H19N5S/c1-21-16-6-4-3-5-13(16)15(20-21)11-22-8-7-14-12(10-22)9-18-17(19-14)23-2/h3-6,9H,7-8,10-11H2,1-2H3. The molecule has 3 heterocycles. The first-order chi connectivity index (χ1) is 11.2. The summed E-state index contributed by atoms with van der Waals surface area (Å²) in [5, 5.41) is 6.82. The molecule has 23 heavy (non-hydrogen) atoms. The summed E-state index contributed by atoms with van der Waals surface area (Å²) in [5.74, 6) is 0. The number of fused-ring (bicyclic) bond motifs is 2. The normalized spacial score (nSPS) is 15.0. The first-order valence-corrected chi connectivity index (χ1v) is 8.99. The number of aromatic nitrogens is 4. The largest absolute Gasteiger partial charge is 0.293 e. The third-order valence-electron chi connectivity index (χ3n) is 4.38. The SMILES string of the molecule is CSc1ncc2c(n1)CCN(Cc1nn(C)c3ccccc13)C2. The molecule has 0 saturated carbocycles. The molecule has 0 aliphatic carbocycles. The molecule has 118 valence electrons. The maximum Gasteiger partial charge on any atom is 0.187 e. The molecule has 1 aliphatic rings. The molecule has 0 spiro atoms. The van der Waals surface area contributed by atoms with Crippen LogP contribution < -0.4 is 0 Å². The van der Waals surface area contributed by atoms with Gasteiger partial charge in [0, 0.05) is 50.2 Å². The Morgan fingerprint density at radius 2 is 2.13 bits per heavy atom. The highest BCUT2D eigenvalue weighted by atomic mass is 32.2. The van der Waals surface area contributed by atoms with E-state index in [1.807, 2.05) is 24.2 Å². The first-order valence-electron chi connectivity index (χ1n) is 7.76. The maximum atomic E-state index is 4.71. The monoisotopic (exact) mass is 325 g/mol. The third-order valence-corrected chi connectivity index (χ3v) is 4.94. The Bertz CT molecular complexity index is 857. The second-order valence-electron chi connectivity index (χ2n) is 5.88. The molecule has 3 aromatic rings. The lowest BCUT2D eigenvalue weighted by atomic mass is 10.1. The fraction of sp³-hybridized carbons (Fsp3) is 0.353. The van der Waals surface area contributed by atoms with E-state index in [2.05, 4.69) is 39.1 Å². The van der Waals surface area contributed by atoms with Crippen LogP contribution in [0, 0.1) is 0 Å². The molecule has 0 radical (unpaired) electrons. The molecule has 1 aliphatic heterocycles. The van der Waals surface area contributed by atoms with E-state index in [9.17, 15) is 0 Å². The van der Waals surface area contributed by atoms with E-state index in [1.54, 1.807) is 11.8 Å². The Hall–Kier alpha value is -1.92. The second-order valence-corrected chi connectivity index (χ2v) is 6.65. The van der Waals surface area contributed by atoms with Gasteiger partial charge in [0.2, 0.25) is 0 Å². The van der Waals surface area contributed by atoms with Crippen molar-refractivity contribution in [3.63, 3.8) is 0 Å². The average molecular weight is 325 g/mol. The van der Waals surface area contributed by atoms with E-state index < -0.39 is 0 Å². The Kier molecular flexibility index (Phi) is 3.79. The van der Waals surface area contributed by atoms with Gasteiger partial charge in [-0.1, -0.05) is 30.0 Å². The summed E-state index contributed by atoms with van der Waals surface area (Å²) in [6.45, 7) is 2.78. The molecule has 0 bridgehead atoms. The lowest BCUT2D eigenvalue weighted by molar-refractivity contribution is 0.239. The lowest BCUT2D eigenvalue weighted by Gasteiger charge is -2.27. The lowest BCUT2D eigenvalue weighted by Crippen LogP contribution is -2.31. The van der Waals surface area contributed by atoms with Crippen molar-refractivity contribution in [1.82, 2.24) is 24.6 Å². The highest BCUT2D eigenvalue weighted by molar-refractivity contribution is 7.98. The number of benzene rings is 1. The predicted octanol–water partition coefficient (Wildman–Crippen LogP) is 2.64. The summed E-state index contributed by atoms with van der Waals surface area (Å²) in [6, 6.07) is 8.42. The number of hydrogen-bond acceptors (Lipinski definition) is 5. The minimum absolute atomic E-state index is 0.866. The number of thioether (sulfide) groups is 1. The van der Waals surface area contributed by atoms with Crippen molar-refractivity contribution < 1.29 is 0 Å². The van der Waals surface area contributed by atoms with E-state index in [4.69, 9.17) is 5.10 Å². The summed E-state index contributed by atoms with van der Waals surface area (Å²) in [7, 11) is 2.01. The van der Waals surface area contributed by atoms with Crippen molar-refractivity contribution in [2.75, 3.05) is 12.8 Å². The molecule has 4 rings (SSSR count). The van der Waals surface area contributed by atoms with Gasteiger partial charge in [-0.3, -0.25) is 9.58 Å². The smallest absolute Gasteiger partial charge is 0.187 e. The molecular formula is C17H19N5S. The Balaban J connectivity index is 1.58. The second kappa shape index (κ2) is 5.94. The van der Waals surface area contributed by atoms with Crippen molar-refractivity contribution >= 4 is 22.7 Å². The van der Waals surface area contributed by atoms with Gasteiger partial charge in [-0.15, -0.1) is 0 Å². The van der Waals surface area contributed by atoms with Gasteiger partial charge in [0.15, 0.2) is 5.16 Å². The van der Waals surface area contributed by atoms with E-state index in [-0.39, 0.29) is 0 Å². The van der Waals surface area contributed by atoms with Crippen molar-refractivity contribution in [3.8, 4) is 0 Å². The van der Waals surface area contributed by atoms with E-state index in [0.717, 1.165) is 36.9 Å². The first kappa shape index (κ1) is 14.7. The topological polar surface area (TPSA) is 46.8 Å². The van der Waals surface area contributed by atoms with Gasteiger partial charge in [0.05, 0.1) is 16.9 Å². The van der Waals surface area contributed by atoms with Crippen LogP contribution in [0.3, 0.4) is 0 Å². The molecule has 2 aromatic heterocycles. The van der Waals surface area contributed by atoms with Crippen LogP contribution in [0.25, 0.3) is 10.9 Å². The quantitative estimate of drug-likeness (QED) is 0.547. The van der Waals surface area contributed by atoms with E-state index >= 15 is 0 Å². The van der Waals surface area contributed by atoms with Crippen LogP contribution in [0.15, 0.2) is 35.6 Å². The highest BCUT2D eigenvalue weighted by Crippen LogP contribution is 2.23. The van der Waals surface area contributed by atoms with Gasteiger partial charge in [-0.2, -0.15) is 5.10 Å². The average Bonchev–Trinajstić information content (AvgIpc) is 2.91. The summed E-state index contributed by atoms with van der Waals surface area (Å²) in [5.41, 5.74) is 4.78. The maximum absolute atomic E-state index is 4.71. The van der Waals surface area contributed by atoms with Crippen LogP contribution in [0.2, 0.25) is 0 Å². The number of hydrogen-bond donors (Lipinski definition) is 0. The van der Waals surface area contributed by atoms with Gasteiger partial charge in [-0.25, -0.2) is 9.97 Å². The van der Waals surface area contributed by atoms with E-state index in [1.165, 1.54) is 22.2 Å².